The van der Waals surface area contributed by atoms with Crippen molar-refractivity contribution in [3.63, 3.8) is 0 Å². The number of carbonyl (C=O) groups is 2. The highest BCUT2D eigenvalue weighted by Gasteiger charge is 2.44. The molecule has 1 saturated heterocycles. The van der Waals surface area contributed by atoms with Crippen LogP contribution in [0.25, 0.3) is 0 Å². The Morgan fingerprint density at radius 2 is 2.10 bits per heavy atom. The van der Waals surface area contributed by atoms with E-state index >= 15 is 0 Å². The lowest BCUT2D eigenvalue weighted by atomic mass is 9.86. The van der Waals surface area contributed by atoms with Gasteiger partial charge in [-0.05, 0) is 37.0 Å². The first-order valence-electron chi connectivity index (χ1n) is 10.1. The van der Waals surface area contributed by atoms with Gasteiger partial charge in [0.25, 0.3) is 5.91 Å². The number of likely N-dealkylation sites (tertiary alicyclic amines) is 1. The van der Waals surface area contributed by atoms with E-state index in [9.17, 15) is 14.0 Å². The molecule has 2 aliphatic heterocycles. The third-order valence-corrected chi connectivity index (χ3v) is 6.14. The quantitative estimate of drug-likeness (QED) is 0.817. The number of nitrogens with one attached hydrogen (secondary N) is 1. The van der Waals surface area contributed by atoms with E-state index < -0.39 is 11.4 Å². The first kappa shape index (κ1) is 19.7. The Morgan fingerprint density at radius 3 is 2.72 bits per heavy atom. The van der Waals surface area contributed by atoms with E-state index in [1.165, 1.54) is 19.2 Å². The Labute approximate surface area is 169 Å². The smallest absolute Gasteiger partial charge is 0.269 e. The second-order valence-corrected chi connectivity index (χ2v) is 8.12. The molecule has 0 aromatic heterocycles. The van der Waals surface area contributed by atoms with Gasteiger partial charge < -0.3 is 19.8 Å². The molecule has 2 amide bonds. The van der Waals surface area contributed by atoms with Crippen molar-refractivity contribution in [2.45, 2.75) is 56.6 Å². The normalized spacial score (nSPS) is 20.6. The van der Waals surface area contributed by atoms with Crippen LogP contribution < -0.4 is 10.1 Å². The highest BCUT2D eigenvalue weighted by molar-refractivity contribution is 6.39. The maximum Gasteiger partial charge on any atom is 0.269 e. The summed E-state index contributed by atoms with van der Waals surface area (Å²) in [5.41, 5.74) is 0.573. The van der Waals surface area contributed by atoms with Gasteiger partial charge >= 0.3 is 0 Å². The van der Waals surface area contributed by atoms with E-state index in [4.69, 9.17) is 9.57 Å². The average Bonchev–Trinajstić information content (AvgIpc) is 3.09. The van der Waals surface area contributed by atoms with Gasteiger partial charge in [-0.3, -0.25) is 9.59 Å². The molecule has 0 radical (unpaired) electrons. The van der Waals surface area contributed by atoms with Crippen molar-refractivity contribution in [2.24, 2.45) is 5.16 Å². The Balaban J connectivity index is 1.27. The zero-order chi connectivity index (χ0) is 20.4. The van der Waals surface area contributed by atoms with Crippen molar-refractivity contribution >= 4 is 17.5 Å². The fourth-order valence-electron chi connectivity index (χ4n) is 4.00. The number of rotatable bonds is 5. The first-order chi connectivity index (χ1) is 14.0. The highest BCUT2D eigenvalue weighted by atomic mass is 19.1. The zero-order valence-corrected chi connectivity index (χ0v) is 16.6. The van der Waals surface area contributed by atoms with Gasteiger partial charge in [0, 0.05) is 38.4 Å². The van der Waals surface area contributed by atoms with Gasteiger partial charge in [-0.2, -0.15) is 0 Å². The molecule has 29 heavy (non-hydrogen) atoms. The number of ether oxygens (including phenoxy) is 1. The molecule has 4 rings (SSSR count). The number of hydrogen-bond acceptors (Lipinski definition) is 5. The minimum absolute atomic E-state index is 0.0497. The van der Waals surface area contributed by atoms with E-state index in [0.717, 1.165) is 19.3 Å². The molecule has 0 atom stereocenters. The molecule has 8 heteroatoms. The van der Waals surface area contributed by atoms with Crippen molar-refractivity contribution in [2.75, 3.05) is 20.2 Å². The molecule has 156 valence electrons. The van der Waals surface area contributed by atoms with Gasteiger partial charge in [0.15, 0.2) is 11.6 Å². The van der Waals surface area contributed by atoms with Gasteiger partial charge in [0.1, 0.15) is 11.3 Å². The maximum absolute atomic E-state index is 13.8. The van der Waals surface area contributed by atoms with Crippen LogP contribution in [0.2, 0.25) is 0 Å². The molecular formula is C21H26FN3O4. The van der Waals surface area contributed by atoms with Crippen molar-refractivity contribution < 1.29 is 23.6 Å². The number of methoxy groups -OCH3 is 1. The summed E-state index contributed by atoms with van der Waals surface area (Å²) in [6, 6.07) is 4.84. The minimum Gasteiger partial charge on any atom is -0.494 e. The molecule has 2 heterocycles. The predicted molar refractivity (Wildman–Crippen MR) is 104 cm³/mol. The number of piperidine rings is 1. The van der Waals surface area contributed by atoms with Crippen molar-refractivity contribution in [3.05, 3.63) is 29.6 Å². The van der Waals surface area contributed by atoms with Crippen molar-refractivity contribution in [3.8, 4) is 5.75 Å². The average molecular weight is 403 g/mol. The van der Waals surface area contributed by atoms with Crippen LogP contribution in [-0.4, -0.2) is 54.3 Å². The van der Waals surface area contributed by atoms with Crippen molar-refractivity contribution in [1.82, 2.24) is 10.2 Å². The number of nitrogens with zero attached hydrogens (tertiary/aromatic N) is 2. The highest BCUT2D eigenvalue weighted by Crippen LogP contribution is 2.35. The second kappa shape index (κ2) is 8.00. The lowest BCUT2D eigenvalue weighted by Gasteiger charge is -2.37. The third-order valence-electron chi connectivity index (χ3n) is 6.14. The molecule has 3 aliphatic rings. The molecule has 1 saturated carbocycles. The van der Waals surface area contributed by atoms with E-state index in [2.05, 4.69) is 10.5 Å². The topological polar surface area (TPSA) is 80.2 Å². The summed E-state index contributed by atoms with van der Waals surface area (Å²) < 4.78 is 18.7. The summed E-state index contributed by atoms with van der Waals surface area (Å²) in [4.78, 5) is 32.3. The van der Waals surface area contributed by atoms with Crippen LogP contribution in [0.4, 0.5) is 4.39 Å². The standard InChI is InChI=1S/C21H26FN3O4/c1-28-18-6-5-14(11-16(18)22)12-19(26)25-9-7-21(8-10-25)13-17(24-29-21)20(27)23-15-3-2-4-15/h5-6,11,15H,2-4,7-10,12-13H2,1H3,(H,23,27). The molecule has 1 N–H and O–H groups in total. The van der Waals surface area contributed by atoms with Crippen molar-refractivity contribution in [1.29, 1.82) is 0 Å². The molecular weight excluding hydrogens is 377 g/mol. The fraction of sp³-hybridized carbons (Fsp3) is 0.571. The Bertz CT molecular complexity index is 829. The molecule has 1 spiro atoms. The van der Waals surface area contributed by atoms with Gasteiger partial charge in [-0.25, -0.2) is 4.39 Å². The Kier molecular flexibility index (Phi) is 5.43. The molecule has 1 aromatic rings. The number of halogens is 1. The minimum atomic E-state index is -0.491. The summed E-state index contributed by atoms with van der Waals surface area (Å²) in [7, 11) is 1.41. The number of carbonyl (C=O) groups excluding carboxylic acids is 2. The lowest BCUT2D eigenvalue weighted by Crippen LogP contribution is -2.48. The Hall–Kier alpha value is -2.64. The van der Waals surface area contributed by atoms with Gasteiger partial charge in [0.2, 0.25) is 5.91 Å². The van der Waals surface area contributed by atoms with Crippen LogP contribution in [-0.2, 0) is 20.8 Å². The molecule has 2 fully saturated rings. The Morgan fingerprint density at radius 1 is 1.34 bits per heavy atom. The third kappa shape index (κ3) is 4.21. The maximum atomic E-state index is 13.8. The fourth-order valence-corrected chi connectivity index (χ4v) is 4.00. The van der Waals surface area contributed by atoms with Gasteiger partial charge in [0.05, 0.1) is 13.5 Å². The number of benzene rings is 1. The largest absolute Gasteiger partial charge is 0.494 e. The van der Waals surface area contributed by atoms with Gasteiger partial charge in [-0.15, -0.1) is 0 Å². The lowest BCUT2D eigenvalue weighted by molar-refractivity contribution is -0.136. The summed E-state index contributed by atoms with van der Waals surface area (Å²) >= 11 is 0. The van der Waals surface area contributed by atoms with Crippen LogP contribution in [0.15, 0.2) is 23.4 Å². The molecule has 0 bridgehead atoms. The summed E-state index contributed by atoms with van der Waals surface area (Å²) in [5.74, 6) is -0.492. The molecule has 1 aliphatic carbocycles. The second-order valence-electron chi connectivity index (χ2n) is 8.12. The monoisotopic (exact) mass is 403 g/mol. The number of amides is 2. The van der Waals surface area contributed by atoms with Crippen LogP contribution in [0.5, 0.6) is 5.75 Å². The van der Waals surface area contributed by atoms with E-state index in [-0.39, 0.29) is 30.0 Å². The molecule has 0 unspecified atom stereocenters. The summed E-state index contributed by atoms with van der Waals surface area (Å²) in [6.07, 6.45) is 5.09. The first-order valence-corrected chi connectivity index (χ1v) is 10.1. The number of oxime groups is 1. The van der Waals surface area contributed by atoms with Crippen LogP contribution in [0, 0.1) is 5.82 Å². The van der Waals surface area contributed by atoms with Crippen LogP contribution >= 0.6 is 0 Å². The predicted octanol–water partition coefficient (Wildman–Crippen LogP) is 2.18. The van der Waals surface area contributed by atoms with Gasteiger partial charge in [-0.1, -0.05) is 11.2 Å². The van der Waals surface area contributed by atoms with Crippen LogP contribution in [0.3, 0.4) is 0 Å². The van der Waals surface area contributed by atoms with E-state index in [1.807, 2.05) is 0 Å². The van der Waals surface area contributed by atoms with E-state index in [1.54, 1.807) is 11.0 Å². The molecule has 7 nitrogen and oxygen atoms in total. The zero-order valence-electron chi connectivity index (χ0n) is 16.6. The SMILES string of the molecule is COc1ccc(CC(=O)N2CCC3(CC2)CC(C(=O)NC2CCC2)=NO3)cc1F. The van der Waals surface area contributed by atoms with Crippen LogP contribution in [0.1, 0.15) is 44.1 Å². The summed E-state index contributed by atoms with van der Waals surface area (Å²) in [6.45, 7) is 1.06. The summed E-state index contributed by atoms with van der Waals surface area (Å²) in [5, 5.41) is 7.03. The van der Waals surface area contributed by atoms with E-state index in [0.29, 0.717) is 43.6 Å². The molecule has 1 aromatic carbocycles. The number of hydrogen-bond donors (Lipinski definition) is 1.